The van der Waals surface area contributed by atoms with Crippen LogP contribution in [0.15, 0.2) is 58.2 Å². The summed E-state index contributed by atoms with van der Waals surface area (Å²) in [4.78, 5) is 19.4. The van der Waals surface area contributed by atoms with Crippen molar-refractivity contribution in [3.05, 3.63) is 59.7 Å². The van der Waals surface area contributed by atoms with Crippen LogP contribution in [0.5, 0.6) is 0 Å². The number of aromatic nitrogens is 1. The summed E-state index contributed by atoms with van der Waals surface area (Å²) in [6, 6.07) is 15.6. The topological polar surface area (TPSA) is 46.3 Å². The summed E-state index contributed by atoms with van der Waals surface area (Å²) < 4.78 is 5.77. The number of carbonyl (C=O) groups excluding carboxylic acids is 1. The van der Waals surface area contributed by atoms with Gasteiger partial charge in [0.25, 0.3) is 11.1 Å². The molecule has 0 atom stereocenters. The highest BCUT2D eigenvalue weighted by Gasteiger charge is 2.23. The lowest BCUT2D eigenvalue weighted by Gasteiger charge is -2.30. The Labute approximate surface area is 157 Å². The molecule has 0 saturated carbocycles. The number of rotatable bonds is 4. The normalized spacial score (nSPS) is 15.5. The van der Waals surface area contributed by atoms with Crippen molar-refractivity contribution in [2.45, 2.75) is 30.7 Å². The van der Waals surface area contributed by atoms with Gasteiger partial charge in [0.15, 0.2) is 5.58 Å². The number of amides is 1. The number of carbonyl (C=O) groups is 1. The van der Waals surface area contributed by atoms with Gasteiger partial charge in [-0.3, -0.25) is 4.79 Å². The first kappa shape index (κ1) is 17.2. The fourth-order valence-corrected chi connectivity index (χ4v) is 4.13. The van der Waals surface area contributed by atoms with E-state index in [1.807, 2.05) is 53.4 Å². The molecule has 1 saturated heterocycles. The standard InChI is InChI=1S/C21H22N2O2S/c1-15-10-12-23(13-11-15)20(24)17-7-3-2-6-16(17)14-26-21-22-18-8-4-5-9-19(18)25-21/h2-9,15H,10-14H2,1H3. The van der Waals surface area contributed by atoms with Gasteiger partial charge in [0.05, 0.1) is 0 Å². The average Bonchev–Trinajstić information content (AvgIpc) is 3.10. The Morgan fingerprint density at radius 3 is 2.69 bits per heavy atom. The smallest absolute Gasteiger partial charge is 0.257 e. The van der Waals surface area contributed by atoms with Crippen molar-refractivity contribution >= 4 is 28.8 Å². The van der Waals surface area contributed by atoms with Gasteiger partial charge < -0.3 is 9.32 Å². The summed E-state index contributed by atoms with van der Waals surface area (Å²) in [7, 11) is 0. The molecule has 2 heterocycles. The average molecular weight is 366 g/mol. The van der Waals surface area contributed by atoms with Crippen LogP contribution in [0.2, 0.25) is 0 Å². The molecule has 1 fully saturated rings. The van der Waals surface area contributed by atoms with E-state index >= 15 is 0 Å². The molecule has 134 valence electrons. The van der Waals surface area contributed by atoms with Gasteiger partial charge >= 0.3 is 0 Å². The van der Waals surface area contributed by atoms with Gasteiger partial charge in [-0.05, 0) is 42.5 Å². The van der Waals surface area contributed by atoms with Crippen molar-refractivity contribution in [2.24, 2.45) is 5.92 Å². The van der Waals surface area contributed by atoms with Crippen LogP contribution in [0.3, 0.4) is 0 Å². The molecule has 4 nitrogen and oxygen atoms in total. The first-order valence-corrected chi connectivity index (χ1v) is 10.0. The van der Waals surface area contributed by atoms with Gasteiger partial charge in [0, 0.05) is 24.4 Å². The minimum Gasteiger partial charge on any atom is -0.431 e. The van der Waals surface area contributed by atoms with Crippen LogP contribution in [0.1, 0.15) is 35.7 Å². The van der Waals surface area contributed by atoms with Crippen molar-refractivity contribution < 1.29 is 9.21 Å². The fraction of sp³-hybridized carbons (Fsp3) is 0.333. The van der Waals surface area contributed by atoms with E-state index < -0.39 is 0 Å². The zero-order valence-electron chi connectivity index (χ0n) is 14.9. The zero-order chi connectivity index (χ0) is 17.9. The highest BCUT2D eigenvalue weighted by molar-refractivity contribution is 7.98. The van der Waals surface area contributed by atoms with Crippen molar-refractivity contribution in [3.8, 4) is 0 Å². The Morgan fingerprint density at radius 1 is 1.15 bits per heavy atom. The summed E-state index contributed by atoms with van der Waals surface area (Å²) in [5.41, 5.74) is 3.48. The third-order valence-corrected chi connectivity index (χ3v) is 5.82. The molecule has 3 aromatic rings. The van der Waals surface area contributed by atoms with E-state index in [0.717, 1.165) is 48.2 Å². The summed E-state index contributed by atoms with van der Waals surface area (Å²) in [5.74, 6) is 1.52. The Morgan fingerprint density at radius 2 is 1.88 bits per heavy atom. The minimum atomic E-state index is 0.144. The van der Waals surface area contributed by atoms with Crippen LogP contribution in [-0.2, 0) is 5.75 Å². The van der Waals surface area contributed by atoms with E-state index in [4.69, 9.17) is 4.42 Å². The number of fused-ring (bicyclic) bond motifs is 1. The monoisotopic (exact) mass is 366 g/mol. The lowest BCUT2D eigenvalue weighted by atomic mass is 9.98. The first-order valence-electron chi connectivity index (χ1n) is 9.06. The third kappa shape index (κ3) is 3.63. The van der Waals surface area contributed by atoms with Crippen LogP contribution >= 0.6 is 11.8 Å². The van der Waals surface area contributed by atoms with E-state index in [1.165, 1.54) is 11.8 Å². The van der Waals surface area contributed by atoms with Gasteiger partial charge in [-0.1, -0.05) is 49.0 Å². The number of hydrogen-bond donors (Lipinski definition) is 0. The molecule has 5 heteroatoms. The summed E-state index contributed by atoms with van der Waals surface area (Å²) >= 11 is 1.53. The molecule has 0 radical (unpaired) electrons. The molecule has 0 spiro atoms. The lowest BCUT2D eigenvalue weighted by molar-refractivity contribution is 0.0696. The molecule has 0 aliphatic carbocycles. The molecule has 2 aromatic carbocycles. The van der Waals surface area contributed by atoms with Crippen molar-refractivity contribution in [1.82, 2.24) is 9.88 Å². The molecular weight excluding hydrogens is 344 g/mol. The quantitative estimate of drug-likeness (QED) is 0.610. The summed E-state index contributed by atoms with van der Waals surface area (Å²) in [5, 5.41) is 0.639. The first-order chi connectivity index (χ1) is 12.7. The molecule has 1 aliphatic heterocycles. The Balaban J connectivity index is 1.49. The molecule has 1 amide bonds. The zero-order valence-corrected chi connectivity index (χ0v) is 15.7. The maximum atomic E-state index is 13.0. The number of para-hydroxylation sites is 2. The number of piperidine rings is 1. The number of likely N-dealkylation sites (tertiary alicyclic amines) is 1. The number of benzene rings is 2. The Hall–Kier alpha value is -2.27. The van der Waals surface area contributed by atoms with Gasteiger partial charge in [-0.2, -0.15) is 0 Å². The molecule has 1 aliphatic rings. The predicted octanol–water partition coefficient (Wildman–Crippen LogP) is 4.99. The Bertz CT molecular complexity index is 880. The van der Waals surface area contributed by atoms with Crippen LogP contribution in [0.4, 0.5) is 0 Å². The number of nitrogens with zero attached hydrogens (tertiary/aromatic N) is 2. The van der Waals surface area contributed by atoms with Gasteiger partial charge in [0.1, 0.15) is 5.52 Å². The SMILES string of the molecule is CC1CCN(C(=O)c2ccccc2CSc2nc3ccccc3o2)CC1. The van der Waals surface area contributed by atoms with E-state index in [-0.39, 0.29) is 5.91 Å². The molecule has 1 aromatic heterocycles. The largest absolute Gasteiger partial charge is 0.431 e. The predicted molar refractivity (Wildman–Crippen MR) is 104 cm³/mol. The van der Waals surface area contributed by atoms with E-state index in [2.05, 4.69) is 11.9 Å². The maximum Gasteiger partial charge on any atom is 0.257 e. The van der Waals surface area contributed by atoms with Crippen LogP contribution < -0.4 is 0 Å². The lowest BCUT2D eigenvalue weighted by Crippen LogP contribution is -2.38. The van der Waals surface area contributed by atoms with Crippen LogP contribution in [0, 0.1) is 5.92 Å². The highest BCUT2D eigenvalue weighted by Crippen LogP contribution is 2.28. The molecule has 0 N–H and O–H groups in total. The maximum absolute atomic E-state index is 13.0. The van der Waals surface area contributed by atoms with Gasteiger partial charge in [0.2, 0.25) is 0 Å². The third-order valence-electron chi connectivity index (χ3n) is 4.94. The second-order valence-corrected chi connectivity index (χ2v) is 7.79. The molecule has 4 rings (SSSR count). The van der Waals surface area contributed by atoms with Crippen LogP contribution in [-0.4, -0.2) is 28.9 Å². The fourth-order valence-electron chi connectivity index (χ4n) is 3.29. The number of thioether (sulfide) groups is 1. The van der Waals surface area contributed by atoms with Crippen molar-refractivity contribution in [1.29, 1.82) is 0 Å². The Kier molecular flexibility index (Phi) is 4.98. The molecular formula is C21H22N2O2S. The minimum absolute atomic E-state index is 0.144. The van der Waals surface area contributed by atoms with Gasteiger partial charge in [-0.25, -0.2) is 4.98 Å². The molecule has 26 heavy (non-hydrogen) atoms. The van der Waals surface area contributed by atoms with Crippen molar-refractivity contribution in [2.75, 3.05) is 13.1 Å². The summed E-state index contributed by atoms with van der Waals surface area (Å²) in [6.07, 6.45) is 2.18. The van der Waals surface area contributed by atoms with E-state index in [1.54, 1.807) is 0 Å². The second-order valence-electron chi connectivity index (χ2n) is 6.87. The molecule has 0 bridgehead atoms. The van der Waals surface area contributed by atoms with E-state index in [9.17, 15) is 4.79 Å². The second kappa shape index (κ2) is 7.54. The van der Waals surface area contributed by atoms with Crippen molar-refractivity contribution in [3.63, 3.8) is 0 Å². The van der Waals surface area contributed by atoms with E-state index in [0.29, 0.717) is 16.9 Å². The van der Waals surface area contributed by atoms with Gasteiger partial charge in [-0.15, -0.1) is 0 Å². The molecule has 0 unspecified atom stereocenters. The van der Waals surface area contributed by atoms with Crippen LogP contribution in [0.25, 0.3) is 11.1 Å². The highest BCUT2D eigenvalue weighted by atomic mass is 32.2. The summed E-state index contributed by atoms with van der Waals surface area (Å²) in [6.45, 7) is 3.96. The number of oxazole rings is 1. The number of hydrogen-bond acceptors (Lipinski definition) is 4.